The van der Waals surface area contributed by atoms with Crippen LogP contribution in [0, 0.1) is 5.92 Å². The van der Waals surface area contributed by atoms with E-state index < -0.39 is 0 Å². The normalized spacial score (nSPS) is 23.6. The molecular weight excluding hydrogens is 204 g/mol. The molecule has 1 aromatic heterocycles. The zero-order valence-corrected chi connectivity index (χ0v) is 9.02. The summed E-state index contributed by atoms with van der Waals surface area (Å²) >= 11 is 0. The maximum Gasteiger partial charge on any atom is 0.227 e. The van der Waals surface area contributed by atoms with Gasteiger partial charge in [-0.15, -0.1) is 0 Å². The molecule has 0 spiro atoms. The molecule has 0 radical (unpaired) electrons. The zero-order chi connectivity index (χ0) is 11.4. The van der Waals surface area contributed by atoms with Crippen LogP contribution in [0.25, 0.3) is 0 Å². The van der Waals surface area contributed by atoms with Crippen LogP contribution in [0.3, 0.4) is 0 Å². The van der Waals surface area contributed by atoms with Crippen molar-refractivity contribution < 1.29 is 4.79 Å². The van der Waals surface area contributed by atoms with Gasteiger partial charge in [0.25, 0.3) is 0 Å². The summed E-state index contributed by atoms with van der Waals surface area (Å²) in [5.41, 5.74) is 6.72. The Morgan fingerprint density at radius 3 is 3.12 bits per heavy atom. The number of hydrogen-bond donors (Lipinski definition) is 3. The van der Waals surface area contributed by atoms with Gasteiger partial charge < -0.3 is 16.0 Å². The van der Waals surface area contributed by atoms with Crippen molar-refractivity contribution in [1.29, 1.82) is 0 Å². The number of H-pyrrole nitrogens is 1. The summed E-state index contributed by atoms with van der Waals surface area (Å²) in [6.45, 7) is 0.626. The second kappa shape index (κ2) is 4.94. The van der Waals surface area contributed by atoms with Gasteiger partial charge in [-0.25, -0.2) is 4.98 Å². The van der Waals surface area contributed by atoms with E-state index >= 15 is 0 Å². The summed E-state index contributed by atoms with van der Waals surface area (Å²) in [7, 11) is 0. The number of aromatic nitrogens is 2. The fourth-order valence-corrected chi connectivity index (χ4v) is 1.79. The number of imidazole rings is 1. The summed E-state index contributed by atoms with van der Waals surface area (Å²) in [6.07, 6.45) is 8.66. The monoisotopic (exact) mass is 220 g/mol. The van der Waals surface area contributed by atoms with E-state index in [-0.39, 0.29) is 17.9 Å². The average molecular weight is 220 g/mol. The quantitative estimate of drug-likeness (QED) is 0.623. The number of rotatable bonds is 4. The van der Waals surface area contributed by atoms with Gasteiger partial charge in [-0.05, 0) is 6.42 Å². The molecule has 2 unspecified atom stereocenters. The highest BCUT2D eigenvalue weighted by atomic mass is 16.1. The van der Waals surface area contributed by atoms with Crippen LogP contribution in [0.15, 0.2) is 24.7 Å². The fourth-order valence-electron chi connectivity index (χ4n) is 1.79. The van der Waals surface area contributed by atoms with Crippen molar-refractivity contribution in [3.8, 4) is 0 Å². The second-order valence-corrected chi connectivity index (χ2v) is 4.01. The van der Waals surface area contributed by atoms with Crippen molar-refractivity contribution >= 4 is 5.91 Å². The van der Waals surface area contributed by atoms with Crippen molar-refractivity contribution in [2.75, 3.05) is 6.54 Å². The molecule has 5 nitrogen and oxygen atoms in total. The molecular formula is C11H16N4O. The molecule has 2 rings (SSSR count). The Morgan fingerprint density at radius 2 is 2.50 bits per heavy atom. The summed E-state index contributed by atoms with van der Waals surface area (Å²) in [5.74, 6) is 0.000446. The summed E-state index contributed by atoms with van der Waals surface area (Å²) in [6, 6.07) is 0.0309. The predicted molar refractivity (Wildman–Crippen MR) is 60.5 cm³/mol. The molecule has 0 aromatic carbocycles. The van der Waals surface area contributed by atoms with Crippen LogP contribution in [0.2, 0.25) is 0 Å². The van der Waals surface area contributed by atoms with Gasteiger partial charge in [0.2, 0.25) is 5.91 Å². The van der Waals surface area contributed by atoms with Gasteiger partial charge in [-0.1, -0.05) is 12.2 Å². The summed E-state index contributed by atoms with van der Waals surface area (Å²) in [4.78, 5) is 18.6. The molecule has 0 saturated carbocycles. The van der Waals surface area contributed by atoms with Crippen molar-refractivity contribution in [2.24, 2.45) is 11.7 Å². The Kier molecular flexibility index (Phi) is 3.36. The third-order valence-electron chi connectivity index (χ3n) is 2.70. The van der Waals surface area contributed by atoms with Crippen molar-refractivity contribution in [1.82, 2.24) is 15.3 Å². The molecule has 0 saturated heterocycles. The van der Waals surface area contributed by atoms with Gasteiger partial charge >= 0.3 is 0 Å². The third kappa shape index (κ3) is 2.70. The van der Waals surface area contributed by atoms with Crippen LogP contribution < -0.4 is 11.1 Å². The molecule has 1 aliphatic carbocycles. The van der Waals surface area contributed by atoms with Gasteiger partial charge in [-0.3, -0.25) is 4.79 Å². The number of amides is 1. The van der Waals surface area contributed by atoms with Crippen LogP contribution in [-0.2, 0) is 11.2 Å². The van der Waals surface area contributed by atoms with E-state index in [1.165, 1.54) is 0 Å². The van der Waals surface area contributed by atoms with Crippen LogP contribution in [0.4, 0.5) is 0 Å². The van der Waals surface area contributed by atoms with E-state index in [1.807, 2.05) is 12.2 Å². The first kappa shape index (κ1) is 10.9. The van der Waals surface area contributed by atoms with Crippen molar-refractivity contribution in [2.45, 2.75) is 18.9 Å². The molecule has 1 aliphatic rings. The van der Waals surface area contributed by atoms with Gasteiger partial charge in [0.1, 0.15) is 0 Å². The van der Waals surface area contributed by atoms with Gasteiger partial charge in [0, 0.05) is 30.9 Å². The molecule has 5 heteroatoms. The topological polar surface area (TPSA) is 83.8 Å². The minimum atomic E-state index is -0.0585. The van der Waals surface area contributed by atoms with E-state index in [0.717, 1.165) is 18.5 Å². The molecule has 86 valence electrons. The van der Waals surface area contributed by atoms with Crippen LogP contribution in [-0.4, -0.2) is 28.5 Å². The van der Waals surface area contributed by atoms with Crippen LogP contribution in [0.5, 0.6) is 0 Å². The van der Waals surface area contributed by atoms with E-state index in [1.54, 1.807) is 12.5 Å². The largest absolute Gasteiger partial charge is 0.355 e. The van der Waals surface area contributed by atoms with Gasteiger partial charge in [-0.2, -0.15) is 0 Å². The lowest BCUT2D eigenvalue weighted by Gasteiger charge is -2.09. The van der Waals surface area contributed by atoms with E-state index in [2.05, 4.69) is 15.3 Å². The Labute approximate surface area is 94.1 Å². The van der Waals surface area contributed by atoms with E-state index in [0.29, 0.717) is 6.54 Å². The minimum absolute atomic E-state index is 0.0309. The molecule has 1 aromatic rings. The maximum absolute atomic E-state index is 11.7. The minimum Gasteiger partial charge on any atom is -0.355 e. The standard InChI is InChI=1S/C11H16N4O/c12-9-2-1-8(5-9)11(16)14-4-3-10-6-13-7-15-10/h1-2,6-9H,3-5,12H2,(H,13,15)(H,14,16). The Morgan fingerprint density at radius 1 is 1.62 bits per heavy atom. The SMILES string of the molecule is NC1C=CC(C(=O)NCCc2cnc[nH]2)C1. The number of nitrogens with zero attached hydrogens (tertiary/aromatic N) is 1. The van der Waals surface area contributed by atoms with Gasteiger partial charge in [0.05, 0.1) is 12.2 Å². The predicted octanol–water partition coefficient (Wildman–Crippen LogP) is -0.0282. The first-order valence-corrected chi connectivity index (χ1v) is 5.44. The summed E-state index contributed by atoms with van der Waals surface area (Å²) < 4.78 is 0. The first-order valence-electron chi connectivity index (χ1n) is 5.44. The third-order valence-corrected chi connectivity index (χ3v) is 2.70. The number of carbonyl (C=O) groups excluding carboxylic acids is 1. The molecule has 2 atom stereocenters. The fraction of sp³-hybridized carbons (Fsp3) is 0.455. The number of aromatic amines is 1. The highest BCUT2D eigenvalue weighted by molar-refractivity contribution is 5.81. The lowest BCUT2D eigenvalue weighted by Crippen LogP contribution is -2.32. The summed E-state index contributed by atoms with van der Waals surface area (Å²) in [5, 5.41) is 2.89. The van der Waals surface area contributed by atoms with Gasteiger partial charge in [0.15, 0.2) is 0 Å². The Bertz CT molecular complexity index is 371. The maximum atomic E-state index is 11.7. The number of carbonyl (C=O) groups is 1. The first-order chi connectivity index (χ1) is 7.75. The van der Waals surface area contributed by atoms with Crippen molar-refractivity contribution in [3.63, 3.8) is 0 Å². The van der Waals surface area contributed by atoms with Crippen LogP contribution >= 0.6 is 0 Å². The molecule has 0 bridgehead atoms. The molecule has 1 amide bonds. The smallest absolute Gasteiger partial charge is 0.227 e. The Balaban J connectivity index is 1.70. The highest BCUT2D eigenvalue weighted by Crippen LogP contribution is 2.15. The van der Waals surface area contributed by atoms with E-state index in [9.17, 15) is 4.79 Å². The molecule has 16 heavy (non-hydrogen) atoms. The average Bonchev–Trinajstić information content (AvgIpc) is 2.89. The molecule has 1 heterocycles. The highest BCUT2D eigenvalue weighted by Gasteiger charge is 2.21. The van der Waals surface area contributed by atoms with Crippen LogP contribution in [0.1, 0.15) is 12.1 Å². The second-order valence-electron chi connectivity index (χ2n) is 4.01. The number of nitrogens with one attached hydrogen (secondary N) is 2. The lowest BCUT2D eigenvalue weighted by molar-refractivity contribution is -0.123. The molecule has 4 N–H and O–H groups in total. The lowest BCUT2D eigenvalue weighted by atomic mass is 10.1. The zero-order valence-electron chi connectivity index (χ0n) is 9.02. The number of hydrogen-bond acceptors (Lipinski definition) is 3. The van der Waals surface area contributed by atoms with E-state index in [4.69, 9.17) is 5.73 Å². The molecule has 0 fully saturated rings. The molecule has 0 aliphatic heterocycles. The van der Waals surface area contributed by atoms with Crippen molar-refractivity contribution in [3.05, 3.63) is 30.4 Å². The number of nitrogens with two attached hydrogens (primary N) is 1. The Hall–Kier alpha value is -1.62.